The van der Waals surface area contributed by atoms with Gasteiger partial charge in [-0.05, 0) is 36.8 Å². The lowest BCUT2D eigenvalue weighted by Crippen LogP contribution is -2.44. The highest BCUT2D eigenvalue weighted by atomic mass is 32.2. The average molecular weight is 187 g/mol. The van der Waals surface area contributed by atoms with E-state index in [2.05, 4.69) is 5.32 Å². The largest absolute Gasteiger partial charge is 0.316 e. The minimum Gasteiger partial charge on any atom is -0.316 e. The van der Waals surface area contributed by atoms with E-state index in [9.17, 15) is 8.42 Å². The molecular formula is C8H13NO2S. The van der Waals surface area contributed by atoms with Crippen molar-refractivity contribution in [2.75, 3.05) is 24.6 Å². The lowest BCUT2D eigenvalue weighted by molar-refractivity contribution is 0.0629. The van der Waals surface area contributed by atoms with Crippen LogP contribution in [-0.2, 0) is 9.84 Å². The standard InChI is InChI=1S/C8H13NO2S/c10-12(11)3-7-5-1-9-2-6(5)8(7)4-12/h5-9H,1-4H2/t5-,6-,7-,8-/m1/s1. The summed E-state index contributed by atoms with van der Waals surface area (Å²) in [6.45, 7) is 2.11. The summed E-state index contributed by atoms with van der Waals surface area (Å²) in [5.74, 6) is 3.34. The Morgan fingerprint density at radius 2 is 1.42 bits per heavy atom. The number of hydrogen-bond donors (Lipinski definition) is 1. The summed E-state index contributed by atoms with van der Waals surface area (Å²) in [5, 5.41) is 3.35. The molecule has 0 radical (unpaired) electrons. The fraction of sp³-hybridized carbons (Fsp3) is 1.00. The van der Waals surface area contributed by atoms with E-state index in [-0.39, 0.29) is 0 Å². The van der Waals surface area contributed by atoms with Crippen LogP contribution in [0.25, 0.3) is 0 Å². The first-order valence-corrected chi connectivity index (χ1v) is 6.41. The maximum atomic E-state index is 11.3. The zero-order valence-electron chi connectivity index (χ0n) is 6.86. The van der Waals surface area contributed by atoms with Crippen LogP contribution in [0.3, 0.4) is 0 Å². The number of nitrogens with one attached hydrogen (secondary N) is 1. The molecule has 68 valence electrons. The maximum Gasteiger partial charge on any atom is 0.150 e. The summed E-state index contributed by atoms with van der Waals surface area (Å²) in [6, 6.07) is 0. The van der Waals surface area contributed by atoms with Crippen LogP contribution in [0.1, 0.15) is 0 Å². The van der Waals surface area contributed by atoms with Gasteiger partial charge in [-0.15, -0.1) is 0 Å². The van der Waals surface area contributed by atoms with E-state index in [4.69, 9.17) is 0 Å². The van der Waals surface area contributed by atoms with Gasteiger partial charge >= 0.3 is 0 Å². The van der Waals surface area contributed by atoms with Gasteiger partial charge in [0.05, 0.1) is 11.5 Å². The molecule has 0 spiro atoms. The van der Waals surface area contributed by atoms with Crippen LogP contribution < -0.4 is 5.32 Å². The fourth-order valence-electron chi connectivity index (χ4n) is 3.30. The summed E-state index contributed by atoms with van der Waals surface area (Å²) in [4.78, 5) is 0. The van der Waals surface area contributed by atoms with Crippen molar-refractivity contribution in [1.82, 2.24) is 5.32 Å². The Labute approximate surface area is 72.5 Å². The summed E-state index contributed by atoms with van der Waals surface area (Å²) in [5.41, 5.74) is 0. The van der Waals surface area contributed by atoms with E-state index in [0.29, 0.717) is 35.2 Å². The van der Waals surface area contributed by atoms with Crippen molar-refractivity contribution in [2.45, 2.75) is 0 Å². The SMILES string of the molecule is O=S1(=O)C[C@@H]2[C@@H]3CNC[C@H]3[C@H]2C1. The second-order valence-corrected chi connectivity index (χ2v) is 6.54. The van der Waals surface area contributed by atoms with Gasteiger partial charge in [0.15, 0.2) is 9.84 Å². The van der Waals surface area contributed by atoms with Gasteiger partial charge in [-0.2, -0.15) is 0 Å². The zero-order valence-corrected chi connectivity index (χ0v) is 7.68. The summed E-state index contributed by atoms with van der Waals surface area (Å²) < 4.78 is 22.6. The molecule has 1 N–H and O–H groups in total. The minimum absolute atomic E-state index is 0.473. The Morgan fingerprint density at radius 1 is 0.917 bits per heavy atom. The predicted molar refractivity (Wildman–Crippen MR) is 45.5 cm³/mol. The Balaban J connectivity index is 1.90. The molecule has 0 bridgehead atoms. The van der Waals surface area contributed by atoms with Crippen LogP contribution in [0.4, 0.5) is 0 Å². The normalized spacial score (nSPS) is 54.3. The first kappa shape index (κ1) is 7.33. The van der Waals surface area contributed by atoms with Crippen molar-refractivity contribution in [2.24, 2.45) is 23.7 Å². The number of fused-ring (bicyclic) bond motifs is 4. The molecule has 2 aliphatic heterocycles. The van der Waals surface area contributed by atoms with Crippen LogP contribution in [0.2, 0.25) is 0 Å². The number of hydrogen-bond acceptors (Lipinski definition) is 3. The fourth-order valence-corrected chi connectivity index (χ4v) is 5.59. The molecule has 3 aliphatic rings. The lowest BCUT2D eigenvalue weighted by Gasteiger charge is -2.43. The van der Waals surface area contributed by atoms with Gasteiger partial charge in [0.2, 0.25) is 0 Å². The molecule has 3 nitrogen and oxygen atoms in total. The predicted octanol–water partition coefficient (Wildman–Crippen LogP) is -0.504. The van der Waals surface area contributed by atoms with E-state index in [1.165, 1.54) is 0 Å². The highest BCUT2D eigenvalue weighted by molar-refractivity contribution is 7.91. The summed E-state index contributed by atoms with van der Waals surface area (Å²) >= 11 is 0. The summed E-state index contributed by atoms with van der Waals surface area (Å²) in [7, 11) is -2.65. The van der Waals surface area contributed by atoms with Gasteiger partial charge in [-0.3, -0.25) is 0 Å². The molecule has 1 aliphatic carbocycles. The molecule has 0 aromatic carbocycles. The van der Waals surface area contributed by atoms with Gasteiger partial charge in [-0.25, -0.2) is 8.42 Å². The molecule has 0 aromatic heterocycles. The second-order valence-electron chi connectivity index (χ2n) is 4.39. The Bertz CT molecular complexity index is 287. The maximum absolute atomic E-state index is 11.3. The Morgan fingerprint density at radius 3 is 1.92 bits per heavy atom. The van der Waals surface area contributed by atoms with Gasteiger partial charge in [-0.1, -0.05) is 0 Å². The van der Waals surface area contributed by atoms with Crippen LogP contribution in [0.5, 0.6) is 0 Å². The molecular weight excluding hydrogens is 174 g/mol. The average Bonchev–Trinajstić information content (AvgIpc) is 2.49. The molecule has 3 rings (SSSR count). The van der Waals surface area contributed by atoms with Crippen LogP contribution in [0, 0.1) is 23.7 Å². The molecule has 4 atom stereocenters. The smallest absolute Gasteiger partial charge is 0.150 e. The van der Waals surface area contributed by atoms with Gasteiger partial charge < -0.3 is 5.32 Å². The topological polar surface area (TPSA) is 46.2 Å². The lowest BCUT2D eigenvalue weighted by atomic mass is 9.60. The zero-order chi connectivity index (χ0) is 8.34. The van der Waals surface area contributed by atoms with E-state index in [1.54, 1.807) is 0 Å². The molecule has 2 heterocycles. The van der Waals surface area contributed by atoms with Crippen molar-refractivity contribution >= 4 is 9.84 Å². The third-order valence-corrected chi connectivity index (χ3v) is 5.64. The van der Waals surface area contributed by atoms with Crippen LogP contribution in [-0.4, -0.2) is 33.0 Å². The Hall–Kier alpha value is -0.0900. The van der Waals surface area contributed by atoms with Crippen LogP contribution in [0.15, 0.2) is 0 Å². The van der Waals surface area contributed by atoms with Crippen molar-refractivity contribution in [1.29, 1.82) is 0 Å². The molecule has 0 aromatic rings. The molecule has 0 amide bonds. The highest BCUT2D eigenvalue weighted by Gasteiger charge is 2.58. The summed E-state index contributed by atoms with van der Waals surface area (Å²) in [6.07, 6.45) is 0. The molecule has 3 fully saturated rings. The van der Waals surface area contributed by atoms with Crippen molar-refractivity contribution in [3.05, 3.63) is 0 Å². The first-order chi connectivity index (χ1) is 5.67. The second kappa shape index (κ2) is 2.04. The van der Waals surface area contributed by atoms with Crippen molar-refractivity contribution in [3.63, 3.8) is 0 Å². The third-order valence-electron chi connectivity index (χ3n) is 3.85. The van der Waals surface area contributed by atoms with Gasteiger partial charge in [0.25, 0.3) is 0 Å². The highest BCUT2D eigenvalue weighted by Crippen LogP contribution is 2.52. The minimum atomic E-state index is -2.65. The Kier molecular flexibility index (Phi) is 1.25. The number of rotatable bonds is 0. The monoisotopic (exact) mass is 187 g/mol. The molecule has 2 saturated heterocycles. The van der Waals surface area contributed by atoms with E-state index in [0.717, 1.165) is 13.1 Å². The third kappa shape index (κ3) is 0.773. The first-order valence-electron chi connectivity index (χ1n) is 4.58. The molecule has 12 heavy (non-hydrogen) atoms. The molecule has 0 unspecified atom stereocenters. The van der Waals surface area contributed by atoms with E-state index < -0.39 is 9.84 Å². The van der Waals surface area contributed by atoms with E-state index >= 15 is 0 Å². The van der Waals surface area contributed by atoms with Crippen molar-refractivity contribution in [3.8, 4) is 0 Å². The van der Waals surface area contributed by atoms with Gasteiger partial charge in [0.1, 0.15) is 0 Å². The van der Waals surface area contributed by atoms with Gasteiger partial charge in [0, 0.05) is 0 Å². The molecule has 1 saturated carbocycles. The van der Waals surface area contributed by atoms with Crippen LogP contribution >= 0.6 is 0 Å². The quantitative estimate of drug-likeness (QED) is 0.556. The number of sulfone groups is 1. The van der Waals surface area contributed by atoms with Crippen molar-refractivity contribution < 1.29 is 8.42 Å². The molecule has 4 heteroatoms. The van der Waals surface area contributed by atoms with E-state index in [1.807, 2.05) is 0 Å².